The summed E-state index contributed by atoms with van der Waals surface area (Å²) >= 11 is 0. The number of hydrogen-bond acceptors (Lipinski definition) is 3. The lowest BCUT2D eigenvalue weighted by Gasteiger charge is -2.25. The predicted octanol–water partition coefficient (Wildman–Crippen LogP) is 0.666. The Morgan fingerprint density at radius 3 is 2.39 bits per heavy atom. The first-order valence-electron chi connectivity index (χ1n) is 6.88. The van der Waals surface area contributed by atoms with Crippen molar-refractivity contribution in [1.29, 1.82) is 0 Å². The molecule has 5 N–H and O–H groups in total. The summed E-state index contributed by atoms with van der Waals surface area (Å²) in [6, 6.07) is 0.365. The lowest BCUT2D eigenvalue weighted by atomic mass is 9.84. The summed E-state index contributed by atoms with van der Waals surface area (Å²) in [5, 5.41) is 2.81. The van der Waals surface area contributed by atoms with Crippen LogP contribution in [0.4, 0.5) is 0 Å². The van der Waals surface area contributed by atoms with Gasteiger partial charge >= 0.3 is 0 Å². The summed E-state index contributed by atoms with van der Waals surface area (Å²) < 4.78 is 0. The Kier molecular flexibility index (Phi) is 6.72. The van der Waals surface area contributed by atoms with Crippen LogP contribution in [0.2, 0.25) is 0 Å². The van der Waals surface area contributed by atoms with Gasteiger partial charge in [0, 0.05) is 25.4 Å². The van der Waals surface area contributed by atoms with E-state index in [4.69, 9.17) is 11.5 Å². The molecular formula is C13H25N3O2. The van der Waals surface area contributed by atoms with Crippen LogP contribution in [0.25, 0.3) is 0 Å². The lowest BCUT2D eigenvalue weighted by Crippen LogP contribution is -2.28. The smallest absolute Gasteiger partial charge is 0.220 e. The van der Waals surface area contributed by atoms with Crippen LogP contribution in [0.1, 0.15) is 51.4 Å². The van der Waals surface area contributed by atoms with E-state index >= 15 is 0 Å². The molecule has 1 fully saturated rings. The van der Waals surface area contributed by atoms with Crippen molar-refractivity contribution in [1.82, 2.24) is 5.32 Å². The van der Waals surface area contributed by atoms with Crippen molar-refractivity contribution in [2.24, 2.45) is 17.4 Å². The Hall–Kier alpha value is -1.10. The topological polar surface area (TPSA) is 98.2 Å². The van der Waals surface area contributed by atoms with Gasteiger partial charge in [-0.1, -0.05) is 0 Å². The maximum Gasteiger partial charge on any atom is 0.220 e. The summed E-state index contributed by atoms with van der Waals surface area (Å²) in [6.07, 6.45) is 6.97. The Labute approximate surface area is 109 Å². The largest absolute Gasteiger partial charge is 0.370 e. The second-order valence-electron chi connectivity index (χ2n) is 5.24. The minimum Gasteiger partial charge on any atom is -0.370 e. The van der Waals surface area contributed by atoms with Crippen LogP contribution in [0.3, 0.4) is 0 Å². The van der Waals surface area contributed by atoms with Crippen molar-refractivity contribution < 1.29 is 9.59 Å². The van der Waals surface area contributed by atoms with Gasteiger partial charge in [0.25, 0.3) is 0 Å². The molecule has 1 saturated carbocycles. The lowest BCUT2D eigenvalue weighted by molar-refractivity contribution is -0.122. The van der Waals surface area contributed by atoms with Gasteiger partial charge in [0.1, 0.15) is 0 Å². The van der Waals surface area contributed by atoms with E-state index in [1.165, 1.54) is 0 Å². The zero-order valence-corrected chi connectivity index (χ0v) is 11.0. The van der Waals surface area contributed by atoms with Gasteiger partial charge in [-0.05, 0) is 44.4 Å². The molecule has 5 nitrogen and oxygen atoms in total. The highest BCUT2D eigenvalue weighted by Gasteiger charge is 2.18. The molecule has 0 aromatic heterocycles. The molecular weight excluding hydrogens is 230 g/mol. The molecule has 0 radical (unpaired) electrons. The van der Waals surface area contributed by atoms with Gasteiger partial charge in [0.15, 0.2) is 0 Å². The van der Waals surface area contributed by atoms with Gasteiger partial charge in [-0.3, -0.25) is 9.59 Å². The molecule has 0 bridgehead atoms. The molecule has 0 heterocycles. The van der Waals surface area contributed by atoms with Gasteiger partial charge in [0.2, 0.25) is 11.8 Å². The van der Waals surface area contributed by atoms with Crippen LogP contribution in [0, 0.1) is 5.92 Å². The third kappa shape index (κ3) is 6.59. The summed E-state index contributed by atoms with van der Waals surface area (Å²) in [5.74, 6) is 0.415. The molecule has 0 aliphatic heterocycles. The van der Waals surface area contributed by atoms with Crippen molar-refractivity contribution in [3.63, 3.8) is 0 Å². The number of nitrogens with one attached hydrogen (secondary N) is 1. The Morgan fingerprint density at radius 1 is 1.11 bits per heavy atom. The maximum absolute atomic E-state index is 11.5. The maximum atomic E-state index is 11.5. The number of hydrogen-bond donors (Lipinski definition) is 3. The van der Waals surface area contributed by atoms with E-state index < -0.39 is 0 Å². The standard InChI is InChI=1S/C13H25N3O2/c14-11-6-3-10(4-7-11)5-8-13(18)16-9-1-2-12(15)17/h10-11H,1-9,14H2,(H2,15,17)(H,16,18). The average molecular weight is 255 g/mol. The van der Waals surface area contributed by atoms with Gasteiger partial charge in [-0.15, -0.1) is 0 Å². The van der Waals surface area contributed by atoms with Crippen molar-refractivity contribution in [3.05, 3.63) is 0 Å². The van der Waals surface area contributed by atoms with Crippen LogP contribution in [0.5, 0.6) is 0 Å². The van der Waals surface area contributed by atoms with Crippen LogP contribution in [0.15, 0.2) is 0 Å². The Morgan fingerprint density at radius 2 is 1.78 bits per heavy atom. The normalized spacial score (nSPS) is 23.6. The molecule has 1 rings (SSSR count). The van der Waals surface area contributed by atoms with E-state index in [2.05, 4.69) is 5.32 Å². The molecule has 0 spiro atoms. The van der Waals surface area contributed by atoms with E-state index in [1.807, 2.05) is 0 Å². The van der Waals surface area contributed by atoms with Crippen LogP contribution in [-0.4, -0.2) is 24.4 Å². The molecule has 0 atom stereocenters. The molecule has 1 aliphatic carbocycles. The first-order valence-corrected chi connectivity index (χ1v) is 6.88. The summed E-state index contributed by atoms with van der Waals surface area (Å²) in [4.78, 5) is 22.0. The first kappa shape index (κ1) is 15.0. The molecule has 5 heteroatoms. The number of carbonyl (C=O) groups excluding carboxylic acids is 2. The fraction of sp³-hybridized carbons (Fsp3) is 0.846. The SMILES string of the molecule is NC(=O)CCCNC(=O)CCC1CCC(N)CC1. The van der Waals surface area contributed by atoms with Crippen LogP contribution < -0.4 is 16.8 Å². The fourth-order valence-electron chi connectivity index (χ4n) is 2.39. The van der Waals surface area contributed by atoms with Gasteiger partial charge in [-0.2, -0.15) is 0 Å². The number of rotatable bonds is 7. The third-order valence-corrected chi connectivity index (χ3v) is 3.59. The van der Waals surface area contributed by atoms with E-state index in [0.29, 0.717) is 37.8 Å². The highest BCUT2D eigenvalue weighted by molar-refractivity contribution is 5.76. The first-order chi connectivity index (χ1) is 8.58. The summed E-state index contributed by atoms with van der Waals surface area (Å²) in [6.45, 7) is 0.539. The zero-order chi connectivity index (χ0) is 13.4. The van der Waals surface area contributed by atoms with Crippen molar-refractivity contribution in [2.75, 3.05) is 6.54 Å². The number of carbonyl (C=O) groups is 2. The molecule has 0 saturated heterocycles. The quantitative estimate of drug-likeness (QED) is 0.583. The Bertz CT molecular complexity index is 273. The molecule has 1 aliphatic rings. The number of primary amides is 1. The summed E-state index contributed by atoms with van der Waals surface area (Å²) in [7, 11) is 0. The van der Waals surface area contributed by atoms with E-state index in [9.17, 15) is 9.59 Å². The molecule has 104 valence electrons. The highest BCUT2D eigenvalue weighted by atomic mass is 16.2. The minimum atomic E-state index is -0.317. The van der Waals surface area contributed by atoms with Crippen molar-refractivity contribution in [3.8, 4) is 0 Å². The zero-order valence-electron chi connectivity index (χ0n) is 11.0. The molecule has 0 unspecified atom stereocenters. The van der Waals surface area contributed by atoms with Gasteiger partial charge < -0.3 is 16.8 Å². The van der Waals surface area contributed by atoms with Crippen LogP contribution >= 0.6 is 0 Å². The third-order valence-electron chi connectivity index (χ3n) is 3.59. The molecule has 0 aromatic carbocycles. The second kappa shape index (κ2) is 8.08. The van der Waals surface area contributed by atoms with E-state index in [0.717, 1.165) is 32.1 Å². The molecule has 0 aromatic rings. The van der Waals surface area contributed by atoms with Crippen LogP contribution in [-0.2, 0) is 9.59 Å². The van der Waals surface area contributed by atoms with Crippen molar-refractivity contribution >= 4 is 11.8 Å². The van der Waals surface area contributed by atoms with E-state index in [1.54, 1.807) is 0 Å². The Balaban J connectivity index is 2.01. The monoisotopic (exact) mass is 255 g/mol. The molecule has 2 amide bonds. The average Bonchev–Trinajstić information content (AvgIpc) is 2.34. The number of nitrogens with two attached hydrogens (primary N) is 2. The minimum absolute atomic E-state index is 0.0781. The van der Waals surface area contributed by atoms with E-state index in [-0.39, 0.29) is 11.8 Å². The second-order valence-corrected chi connectivity index (χ2v) is 5.24. The predicted molar refractivity (Wildman–Crippen MR) is 70.6 cm³/mol. The summed E-state index contributed by atoms with van der Waals surface area (Å²) in [5.41, 5.74) is 10.9. The fourth-order valence-corrected chi connectivity index (χ4v) is 2.39. The number of amides is 2. The van der Waals surface area contributed by atoms with Gasteiger partial charge in [-0.25, -0.2) is 0 Å². The van der Waals surface area contributed by atoms with Gasteiger partial charge in [0.05, 0.1) is 0 Å². The molecule has 18 heavy (non-hydrogen) atoms. The highest BCUT2D eigenvalue weighted by Crippen LogP contribution is 2.26. The van der Waals surface area contributed by atoms with Crippen molar-refractivity contribution in [2.45, 2.75) is 57.4 Å².